The van der Waals surface area contributed by atoms with Gasteiger partial charge in [-0.15, -0.1) is 0 Å². The fraction of sp³-hybridized carbons (Fsp3) is 0.500. The summed E-state index contributed by atoms with van der Waals surface area (Å²) in [4.78, 5) is 13.9. The monoisotopic (exact) mass is 275 g/mol. The molecule has 0 saturated heterocycles. The highest BCUT2D eigenvalue weighted by Crippen LogP contribution is 2.11. The van der Waals surface area contributed by atoms with Crippen molar-refractivity contribution in [3.63, 3.8) is 0 Å². The third kappa shape index (κ3) is 2.89. The van der Waals surface area contributed by atoms with Gasteiger partial charge in [0.05, 0.1) is 17.9 Å². The molecule has 20 heavy (non-hydrogen) atoms. The number of nitrogens with one attached hydrogen (secondary N) is 1. The lowest BCUT2D eigenvalue weighted by molar-refractivity contribution is -0.131. The summed E-state index contributed by atoms with van der Waals surface area (Å²) in [5.41, 5.74) is 5.02. The van der Waals surface area contributed by atoms with Crippen LogP contribution in [0.3, 0.4) is 0 Å². The van der Waals surface area contributed by atoms with Crippen molar-refractivity contribution >= 4 is 5.91 Å². The van der Waals surface area contributed by atoms with E-state index in [1.807, 2.05) is 33.8 Å². The van der Waals surface area contributed by atoms with Crippen molar-refractivity contribution in [3.05, 3.63) is 34.4 Å². The molecule has 2 heterocycles. The zero-order valence-corrected chi connectivity index (χ0v) is 12.7. The van der Waals surface area contributed by atoms with Gasteiger partial charge in [0.15, 0.2) is 0 Å². The van der Waals surface area contributed by atoms with E-state index in [4.69, 9.17) is 0 Å². The topological polar surface area (TPSA) is 66.8 Å². The number of carbonyl (C=O) groups is 1. The quantitative estimate of drug-likeness (QED) is 0.919. The second kappa shape index (κ2) is 5.48. The minimum atomic E-state index is 0.0243. The van der Waals surface area contributed by atoms with E-state index in [-0.39, 0.29) is 12.5 Å². The molecule has 2 aromatic rings. The molecule has 0 aliphatic heterocycles. The average molecular weight is 275 g/mol. The van der Waals surface area contributed by atoms with Crippen LogP contribution in [0.25, 0.3) is 0 Å². The number of aromatic nitrogens is 4. The highest BCUT2D eigenvalue weighted by atomic mass is 16.2. The van der Waals surface area contributed by atoms with Gasteiger partial charge in [-0.1, -0.05) is 0 Å². The lowest BCUT2D eigenvalue weighted by atomic mass is 10.2. The Bertz CT molecular complexity index is 626. The first-order chi connectivity index (χ1) is 9.38. The van der Waals surface area contributed by atoms with Crippen LogP contribution in [0.2, 0.25) is 0 Å². The molecule has 0 unspecified atom stereocenters. The summed E-state index contributed by atoms with van der Waals surface area (Å²) >= 11 is 0. The lowest BCUT2D eigenvalue weighted by Gasteiger charge is -2.16. The van der Waals surface area contributed by atoms with Gasteiger partial charge < -0.3 is 4.90 Å². The van der Waals surface area contributed by atoms with Gasteiger partial charge in [-0.3, -0.25) is 14.6 Å². The van der Waals surface area contributed by atoms with Gasteiger partial charge in [-0.05, 0) is 39.3 Å². The number of aryl methyl sites for hydroxylation is 2. The molecule has 6 nitrogen and oxygen atoms in total. The van der Waals surface area contributed by atoms with E-state index in [2.05, 4.69) is 15.3 Å². The van der Waals surface area contributed by atoms with Gasteiger partial charge in [-0.25, -0.2) is 0 Å². The van der Waals surface area contributed by atoms with Crippen LogP contribution in [-0.2, 0) is 17.9 Å². The summed E-state index contributed by atoms with van der Waals surface area (Å²) in [5, 5.41) is 11.4. The Balaban J connectivity index is 2.02. The second-order valence-electron chi connectivity index (χ2n) is 5.25. The summed E-state index contributed by atoms with van der Waals surface area (Å²) in [7, 11) is 1.78. The van der Waals surface area contributed by atoms with E-state index in [0.717, 1.165) is 28.3 Å². The number of rotatable bonds is 4. The van der Waals surface area contributed by atoms with Gasteiger partial charge in [0.1, 0.15) is 6.54 Å². The average Bonchev–Trinajstić information content (AvgIpc) is 2.89. The molecule has 1 N–H and O–H groups in total. The number of hydrogen-bond donors (Lipinski definition) is 1. The largest absolute Gasteiger partial charge is 0.338 e. The van der Waals surface area contributed by atoms with Crippen molar-refractivity contribution in [2.75, 3.05) is 7.05 Å². The maximum atomic E-state index is 12.2. The zero-order chi connectivity index (χ0) is 14.9. The molecule has 0 spiro atoms. The van der Waals surface area contributed by atoms with Crippen LogP contribution < -0.4 is 0 Å². The van der Waals surface area contributed by atoms with Crippen LogP contribution >= 0.6 is 0 Å². The third-order valence-electron chi connectivity index (χ3n) is 3.61. The SMILES string of the molecule is Cc1cc(CN(C)C(=O)Cn2nc(C)c(C)c2C)n[nH]1. The van der Waals surface area contributed by atoms with Crippen LogP contribution in [0.4, 0.5) is 0 Å². The van der Waals surface area contributed by atoms with E-state index >= 15 is 0 Å². The fourth-order valence-electron chi connectivity index (χ4n) is 2.08. The van der Waals surface area contributed by atoms with Crippen molar-refractivity contribution in [1.82, 2.24) is 24.9 Å². The molecule has 0 radical (unpaired) electrons. The molecule has 0 aromatic carbocycles. The first kappa shape index (κ1) is 14.3. The fourth-order valence-corrected chi connectivity index (χ4v) is 2.08. The van der Waals surface area contributed by atoms with E-state index in [0.29, 0.717) is 6.54 Å². The van der Waals surface area contributed by atoms with Gasteiger partial charge in [0, 0.05) is 18.4 Å². The molecule has 6 heteroatoms. The lowest BCUT2D eigenvalue weighted by Crippen LogP contribution is -2.30. The number of carbonyl (C=O) groups excluding carboxylic acids is 1. The number of amides is 1. The van der Waals surface area contributed by atoms with Gasteiger partial charge in [-0.2, -0.15) is 10.2 Å². The van der Waals surface area contributed by atoms with E-state index in [9.17, 15) is 4.79 Å². The maximum absolute atomic E-state index is 12.2. The Kier molecular flexibility index (Phi) is 3.92. The number of nitrogens with zero attached hydrogens (tertiary/aromatic N) is 4. The predicted octanol–water partition coefficient (Wildman–Crippen LogP) is 1.50. The molecule has 2 rings (SSSR count). The van der Waals surface area contributed by atoms with Crippen molar-refractivity contribution in [2.45, 2.75) is 40.8 Å². The van der Waals surface area contributed by atoms with Crippen LogP contribution in [-0.4, -0.2) is 37.8 Å². The molecule has 0 fully saturated rings. The summed E-state index contributed by atoms with van der Waals surface area (Å²) < 4.78 is 1.76. The minimum absolute atomic E-state index is 0.0243. The highest BCUT2D eigenvalue weighted by molar-refractivity contribution is 5.75. The summed E-state index contributed by atoms with van der Waals surface area (Å²) in [5.74, 6) is 0.0243. The standard InChI is InChI=1S/C14H21N5O/c1-9-6-13(16-15-9)7-18(5)14(20)8-19-12(4)10(2)11(3)17-19/h6H,7-8H2,1-5H3,(H,15,16). The van der Waals surface area contributed by atoms with Gasteiger partial charge in [0.2, 0.25) is 5.91 Å². The smallest absolute Gasteiger partial charge is 0.244 e. The third-order valence-corrected chi connectivity index (χ3v) is 3.61. The number of likely N-dealkylation sites (N-methyl/N-ethyl adjacent to an activating group) is 1. The highest BCUT2D eigenvalue weighted by Gasteiger charge is 2.15. The molecule has 2 aromatic heterocycles. The maximum Gasteiger partial charge on any atom is 0.244 e. The van der Waals surface area contributed by atoms with Crippen molar-refractivity contribution in [2.24, 2.45) is 0 Å². The molecule has 0 bridgehead atoms. The minimum Gasteiger partial charge on any atom is -0.338 e. The molecule has 0 aliphatic rings. The van der Waals surface area contributed by atoms with E-state index in [1.165, 1.54) is 0 Å². The Hall–Kier alpha value is -2.11. The van der Waals surface area contributed by atoms with Gasteiger partial charge >= 0.3 is 0 Å². The van der Waals surface area contributed by atoms with Crippen LogP contribution in [0, 0.1) is 27.7 Å². The molecule has 108 valence electrons. The van der Waals surface area contributed by atoms with Crippen LogP contribution in [0.15, 0.2) is 6.07 Å². The molecular formula is C14H21N5O. The van der Waals surface area contributed by atoms with E-state index < -0.39 is 0 Å². The molecular weight excluding hydrogens is 254 g/mol. The molecule has 0 aliphatic carbocycles. The second-order valence-corrected chi connectivity index (χ2v) is 5.25. The number of aromatic amines is 1. The Morgan fingerprint density at radius 1 is 1.35 bits per heavy atom. The van der Waals surface area contributed by atoms with Crippen LogP contribution in [0.1, 0.15) is 28.3 Å². The number of hydrogen-bond acceptors (Lipinski definition) is 3. The van der Waals surface area contributed by atoms with Crippen molar-refractivity contribution < 1.29 is 4.79 Å². The predicted molar refractivity (Wildman–Crippen MR) is 76.2 cm³/mol. The van der Waals surface area contributed by atoms with Crippen molar-refractivity contribution in [1.29, 1.82) is 0 Å². The molecule has 0 atom stereocenters. The Labute approximate surface area is 118 Å². The van der Waals surface area contributed by atoms with E-state index in [1.54, 1.807) is 16.6 Å². The summed E-state index contributed by atoms with van der Waals surface area (Å²) in [6.45, 7) is 8.67. The first-order valence-corrected chi connectivity index (χ1v) is 6.64. The molecule has 1 amide bonds. The normalized spacial score (nSPS) is 10.8. The van der Waals surface area contributed by atoms with Gasteiger partial charge in [0.25, 0.3) is 0 Å². The summed E-state index contributed by atoms with van der Waals surface area (Å²) in [6.07, 6.45) is 0. The number of H-pyrrole nitrogens is 1. The Morgan fingerprint density at radius 2 is 2.05 bits per heavy atom. The first-order valence-electron chi connectivity index (χ1n) is 6.64. The molecule has 0 saturated carbocycles. The van der Waals surface area contributed by atoms with Crippen molar-refractivity contribution in [3.8, 4) is 0 Å². The van der Waals surface area contributed by atoms with Crippen LogP contribution in [0.5, 0.6) is 0 Å². The summed E-state index contributed by atoms with van der Waals surface area (Å²) in [6, 6.07) is 1.94. The zero-order valence-electron chi connectivity index (χ0n) is 12.7. The Morgan fingerprint density at radius 3 is 2.55 bits per heavy atom.